The number of hydrogen-bond donors (Lipinski definition) is 1. The van der Waals surface area contributed by atoms with Crippen molar-refractivity contribution < 1.29 is 22.8 Å². The second kappa shape index (κ2) is 8.35. The number of alkyl halides is 3. The molecule has 1 aliphatic heterocycles. The lowest BCUT2D eigenvalue weighted by Gasteiger charge is -2.24. The average molecular weight is 392 g/mol. The minimum Gasteiger partial charge on any atom is -0.352 e. The number of halogens is 3. The fraction of sp³-hybridized carbons (Fsp3) is 0.500. The standard InChI is InChI=1S/C16H19F3N2O2S2/c1-3-10(2)20-14(22)13-8-24-9-21(13)15(23)11-4-6-12(7-5-11)25-16(17,18)19/h4-7,10,13H,3,8-9H2,1-2H3,(H,20,22). The zero-order chi connectivity index (χ0) is 18.6. The lowest BCUT2D eigenvalue weighted by Crippen LogP contribution is -2.49. The number of nitrogens with one attached hydrogen (secondary N) is 1. The van der Waals surface area contributed by atoms with Crippen LogP contribution in [0.4, 0.5) is 13.2 Å². The van der Waals surface area contributed by atoms with Crippen LogP contribution in [0.15, 0.2) is 29.2 Å². The smallest absolute Gasteiger partial charge is 0.352 e. The molecule has 1 aliphatic rings. The average Bonchev–Trinajstić information content (AvgIpc) is 3.03. The van der Waals surface area contributed by atoms with Gasteiger partial charge in [0.15, 0.2) is 0 Å². The predicted octanol–water partition coefficient (Wildman–Crippen LogP) is 3.73. The molecule has 1 aromatic rings. The first-order valence-corrected chi connectivity index (χ1v) is 9.73. The number of amides is 2. The Morgan fingerprint density at radius 1 is 1.36 bits per heavy atom. The van der Waals surface area contributed by atoms with E-state index in [1.807, 2.05) is 13.8 Å². The van der Waals surface area contributed by atoms with Crippen LogP contribution in [0.3, 0.4) is 0 Å². The van der Waals surface area contributed by atoms with E-state index in [0.29, 0.717) is 11.6 Å². The maximum absolute atomic E-state index is 12.6. The van der Waals surface area contributed by atoms with E-state index in [-0.39, 0.29) is 40.1 Å². The molecule has 1 saturated heterocycles. The number of carbonyl (C=O) groups excluding carboxylic acids is 2. The first-order chi connectivity index (χ1) is 11.7. The van der Waals surface area contributed by atoms with Gasteiger partial charge in [-0.05, 0) is 49.4 Å². The van der Waals surface area contributed by atoms with E-state index in [1.54, 1.807) is 0 Å². The van der Waals surface area contributed by atoms with E-state index in [1.165, 1.54) is 40.9 Å². The van der Waals surface area contributed by atoms with Crippen molar-refractivity contribution in [3.63, 3.8) is 0 Å². The van der Waals surface area contributed by atoms with Gasteiger partial charge in [0.2, 0.25) is 5.91 Å². The molecule has 2 amide bonds. The first-order valence-electron chi connectivity index (χ1n) is 7.76. The van der Waals surface area contributed by atoms with Gasteiger partial charge in [-0.2, -0.15) is 13.2 Å². The summed E-state index contributed by atoms with van der Waals surface area (Å²) in [5, 5.41) is 2.87. The molecule has 2 rings (SSSR count). The monoisotopic (exact) mass is 392 g/mol. The molecule has 138 valence electrons. The van der Waals surface area contributed by atoms with Gasteiger partial charge >= 0.3 is 5.51 Å². The molecule has 0 saturated carbocycles. The van der Waals surface area contributed by atoms with E-state index in [0.717, 1.165) is 6.42 Å². The molecular formula is C16H19F3N2O2S2. The molecule has 2 atom stereocenters. The largest absolute Gasteiger partial charge is 0.446 e. The van der Waals surface area contributed by atoms with Crippen LogP contribution >= 0.6 is 23.5 Å². The number of rotatable bonds is 5. The van der Waals surface area contributed by atoms with E-state index in [2.05, 4.69) is 5.32 Å². The summed E-state index contributed by atoms with van der Waals surface area (Å²) < 4.78 is 37.1. The summed E-state index contributed by atoms with van der Waals surface area (Å²) in [6.45, 7) is 3.85. The van der Waals surface area contributed by atoms with Crippen LogP contribution in [0.5, 0.6) is 0 Å². The van der Waals surface area contributed by atoms with Crippen LogP contribution in [0, 0.1) is 0 Å². The van der Waals surface area contributed by atoms with Crippen LogP contribution in [-0.2, 0) is 4.79 Å². The Morgan fingerprint density at radius 3 is 2.56 bits per heavy atom. The van der Waals surface area contributed by atoms with E-state index < -0.39 is 11.6 Å². The van der Waals surface area contributed by atoms with Crippen molar-refractivity contribution in [2.45, 2.75) is 42.8 Å². The molecule has 25 heavy (non-hydrogen) atoms. The zero-order valence-corrected chi connectivity index (χ0v) is 15.4. The van der Waals surface area contributed by atoms with Crippen molar-refractivity contribution >= 4 is 35.3 Å². The fourth-order valence-electron chi connectivity index (χ4n) is 2.27. The number of thioether (sulfide) groups is 2. The van der Waals surface area contributed by atoms with Crippen molar-refractivity contribution in [2.24, 2.45) is 0 Å². The van der Waals surface area contributed by atoms with Crippen molar-refractivity contribution in [3.8, 4) is 0 Å². The summed E-state index contributed by atoms with van der Waals surface area (Å²) in [7, 11) is 0. The molecule has 0 radical (unpaired) electrons. The SMILES string of the molecule is CCC(C)NC(=O)C1CSCN1C(=O)c1ccc(SC(F)(F)F)cc1. The molecule has 1 fully saturated rings. The molecule has 9 heteroatoms. The quantitative estimate of drug-likeness (QED) is 0.776. The van der Waals surface area contributed by atoms with Gasteiger partial charge in [0.25, 0.3) is 5.91 Å². The van der Waals surface area contributed by atoms with Gasteiger partial charge in [0.1, 0.15) is 6.04 Å². The Labute approximate surface area is 152 Å². The first kappa shape index (κ1) is 20.0. The van der Waals surface area contributed by atoms with Crippen molar-refractivity contribution in [1.82, 2.24) is 10.2 Å². The molecule has 0 spiro atoms. The molecule has 0 bridgehead atoms. The van der Waals surface area contributed by atoms with Gasteiger partial charge in [-0.15, -0.1) is 11.8 Å². The maximum atomic E-state index is 12.6. The zero-order valence-electron chi connectivity index (χ0n) is 13.8. The Bertz CT molecular complexity index is 623. The highest BCUT2D eigenvalue weighted by Crippen LogP contribution is 2.36. The molecular weight excluding hydrogens is 373 g/mol. The third-order valence-corrected chi connectivity index (χ3v) is 5.53. The topological polar surface area (TPSA) is 49.4 Å². The minimum absolute atomic E-state index is 0.0194. The number of hydrogen-bond acceptors (Lipinski definition) is 4. The van der Waals surface area contributed by atoms with Gasteiger partial charge in [-0.25, -0.2) is 0 Å². The normalized spacial score (nSPS) is 18.9. The van der Waals surface area contributed by atoms with Crippen LogP contribution in [-0.4, -0.2) is 45.9 Å². The summed E-state index contributed by atoms with van der Waals surface area (Å²) >= 11 is 1.25. The summed E-state index contributed by atoms with van der Waals surface area (Å²) in [5.74, 6) is 0.349. The van der Waals surface area contributed by atoms with Crippen LogP contribution in [0.25, 0.3) is 0 Å². The summed E-state index contributed by atoms with van der Waals surface area (Å²) in [4.78, 5) is 26.4. The number of benzene rings is 1. The molecule has 4 nitrogen and oxygen atoms in total. The Balaban J connectivity index is 2.07. The maximum Gasteiger partial charge on any atom is 0.446 e. The summed E-state index contributed by atoms with van der Waals surface area (Å²) in [6, 6.07) is 4.72. The van der Waals surface area contributed by atoms with Gasteiger partial charge in [0.05, 0.1) is 5.88 Å². The lowest BCUT2D eigenvalue weighted by atomic mass is 10.1. The van der Waals surface area contributed by atoms with Crippen molar-refractivity contribution in [3.05, 3.63) is 29.8 Å². The van der Waals surface area contributed by atoms with Gasteiger partial charge < -0.3 is 10.2 Å². The minimum atomic E-state index is -4.36. The van der Waals surface area contributed by atoms with E-state index in [9.17, 15) is 22.8 Å². The van der Waals surface area contributed by atoms with E-state index >= 15 is 0 Å². The van der Waals surface area contributed by atoms with Crippen LogP contribution in [0.1, 0.15) is 30.6 Å². The van der Waals surface area contributed by atoms with Gasteiger partial charge in [-0.1, -0.05) is 6.92 Å². The Morgan fingerprint density at radius 2 is 2.00 bits per heavy atom. The van der Waals surface area contributed by atoms with Gasteiger partial charge in [0, 0.05) is 22.3 Å². The number of nitrogens with zero attached hydrogens (tertiary/aromatic N) is 1. The molecule has 0 aromatic heterocycles. The predicted molar refractivity (Wildman–Crippen MR) is 93.5 cm³/mol. The van der Waals surface area contributed by atoms with E-state index in [4.69, 9.17) is 0 Å². The van der Waals surface area contributed by atoms with Crippen LogP contribution in [0.2, 0.25) is 0 Å². The highest BCUT2D eigenvalue weighted by atomic mass is 32.2. The van der Waals surface area contributed by atoms with Crippen LogP contribution < -0.4 is 5.32 Å². The second-order valence-electron chi connectivity index (χ2n) is 5.68. The Kier molecular flexibility index (Phi) is 6.67. The Hall–Kier alpha value is -1.35. The highest BCUT2D eigenvalue weighted by molar-refractivity contribution is 8.00. The fourth-order valence-corrected chi connectivity index (χ4v) is 3.96. The van der Waals surface area contributed by atoms with Crippen molar-refractivity contribution in [1.29, 1.82) is 0 Å². The molecule has 2 unspecified atom stereocenters. The number of carbonyl (C=O) groups is 2. The molecule has 1 heterocycles. The second-order valence-corrected chi connectivity index (χ2v) is 7.82. The summed E-state index contributed by atoms with van der Waals surface area (Å²) in [5.41, 5.74) is -4.09. The molecule has 1 aromatic carbocycles. The van der Waals surface area contributed by atoms with Gasteiger partial charge in [-0.3, -0.25) is 9.59 Å². The lowest BCUT2D eigenvalue weighted by molar-refractivity contribution is -0.125. The third kappa shape index (κ3) is 5.57. The summed E-state index contributed by atoms with van der Waals surface area (Å²) in [6.07, 6.45) is 0.790. The highest BCUT2D eigenvalue weighted by Gasteiger charge is 2.35. The third-order valence-electron chi connectivity index (χ3n) is 3.78. The molecule has 1 N–H and O–H groups in total. The van der Waals surface area contributed by atoms with Crippen molar-refractivity contribution in [2.75, 3.05) is 11.6 Å². The molecule has 0 aliphatic carbocycles.